The molecule has 32 heavy (non-hydrogen) atoms. The number of hydrogen-bond donors (Lipinski definition) is 2. The van der Waals surface area contributed by atoms with E-state index in [1.54, 1.807) is 49.4 Å². The van der Waals surface area contributed by atoms with Crippen LogP contribution in [0.1, 0.15) is 19.1 Å². The standard InChI is InChI=1S/C23H17Cl2N3O3S/c1-2-20(29)28-23-27-17-9-6-13(12-19(17)32-23)26-21(30)11-8-14-7-10-18(31-14)15-4-3-5-16(24)22(15)25/h3-12H,2H2,1H3,(H,26,30)(H,27,28,29)/b11-8+. The van der Waals surface area contributed by atoms with Crippen LogP contribution < -0.4 is 10.6 Å². The number of halogens is 2. The predicted octanol–water partition coefficient (Wildman–Crippen LogP) is 6.86. The van der Waals surface area contributed by atoms with Crippen LogP contribution in [0.5, 0.6) is 0 Å². The molecule has 0 spiro atoms. The van der Waals surface area contributed by atoms with Crippen molar-refractivity contribution < 1.29 is 14.0 Å². The average molecular weight is 486 g/mol. The van der Waals surface area contributed by atoms with Crippen LogP contribution in [-0.4, -0.2) is 16.8 Å². The number of amides is 2. The minimum atomic E-state index is -0.313. The number of thiazole rings is 1. The summed E-state index contributed by atoms with van der Waals surface area (Å²) in [5.74, 6) is 0.646. The van der Waals surface area contributed by atoms with Gasteiger partial charge in [0.05, 0.1) is 20.3 Å². The van der Waals surface area contributed by atoms with Crippen LogP contribution in [0.15, 0.2) is 59.0 Å². The van der Waals surface area contributed by atoms with Crippen LogP contribution in [0.3, 0.4) is 0 Å². The van der Waals surface area contributed by atoms with Crippen molar-refractivity contribution in [2.24, 2.45) is 0 Å². The van der Waals surface area contributed by atoms with Crippen molar-refractivity contribution in [2.45, 2.75) is 13.3 Å². The zero-order valence-corrected chi connectivity index (χ0v) is 19.1. The monoisotopic (exact) mass is 485 g/mol. The van der Waals surface area contributed by atoms with E-state index in [-0.39, 0.29) is 11.8 Å². The Morgan fingerprint density at radius 3 is 2.78 bits per heavy atom. The van der Waals surface area contributed by atoms with Gasteiger partial charge in [0, 0.05) is 23.7 Å². The van der Waals surface area contributed by atoms with Crippen molar-refractivity contribution in [3.8, 4) is 11.3 Å². The molecule has 0 aliphatic rings. The summed E-state index contributed by atoms with van der Waals surface area (Å²) in [4.78, 5) is 28.2. The third kappa shape index (κ3) is 5.02. The lowest BCUT2D eigenvalue weighted by Gasteiger charge is -2.02. The van der Waals surface area contributed by atoms with Crippen LogP contribution in [0.4, 0.5) is 10.8 Å². The molecule has 2 aromatic heterocycles. The van der Waals surface area contributed by atoms with Gasteiger partial charge in [0.2, 0.25) is 11.8 Å². The largest absolute Gasteiger partial charge is 0.457 e. The van der Waals surface area contributed by atoms with Crippen molar-refractivity contribution in [2.75, 3.05) is 10.6 Å². The SMILES string of the molecule is CCC(=O)Nc1nc2ccc(NC(=O)/C=C/c3ccc(-c4cccc(Cl)c4Cl)o3)cc2s1. The fourth-order valence-electron chi connectivity index (χ4n) is 2.89. The topological polar surface area (TPSA) is 84.2 Å². The first kappa shape index (κ1) is 22.1. The molecule has 0 fully saturated rings. The predicted molar refractivity (Wildman–Crippen MR) is 130 cm³/mol. The molecule has 0 atom stereocenters. The van der Waals surface area contributed by atoms with Crippen molar-refractivity contribution in [3.05, 3.63) is 70.4 Å². The maximum Gasteiger partial charge on any atom is 0.248 e. The van der Waals surface area contributed by atoms with Gasteiger partial charge in [-0.1, -0.05) is 47.5 Å². The molecule has 4 rings (SSSR count). The Morgan fingerprint density at radius 1 is 1.12 bits per heavy atom. The molecule has 2 N–H and O–H groups in total. The summed E-state index contributed by atoms with van der Waals surface area (Å²) in [6.07, 6.45) is 3.33. The molecule has 2 amide bonds. The highest BCUT2D eigenvalue weighted by molar-refractivity contribution is 7.22. The van der Waals surface area contributed by atoms with Crippen molar-refractivity contribution in [1.82, 2.24) is 4.98 Å². The number of rotatable bonds is 6. The number of anilines is 2. The number of nitrogens with zero attached hydrogens (tertiary/aromatic N) is 1. The molecular formula is C23H17Cl2N3O3S. The first-order chi connectivity index (χ1) is 15.4. The van der Waals surface area contributed by atoms with Gasteiger partial charge in [-0.05, 0) is 48.5 Å². The number of nitrogens with one attached hydrogen (secondary N) is 2. The van der Waals surface area contributed by atoms with Gasteiger partial charge in [0.15, 0.2) is 5.13 Å². The lowest BCUT2D eigenvalue weighted by Crippen LogP contribution is -2.08. The molecule has 2 heterocycles. The molecule has 6 nitrogen and oxygen atoms in total. The van der Waals surface area contributed by atoms with Gasteiger partial charge in [-0.15, -0.1) is 0 Å². The van der Waals surface area contributed by atoms with Gasteiger partial charge in [0.1, 0.15) is 11.5 Å². The van der Waals surface area contributed by atoms with E-state index in [9.17, 15) is 9.59 Å². The van der Waals surface area contributed by atoms with Gasteiger partial charge in [-0.2, -0.15) is 0 Å². The first-order valence-corrected chi connectivity index (χ1v) is 11.2. The minimum absolute atomic E-state index is 0.0959. The fraction of sp³-hybridized carbons (Fsp3) is 0.0870. The quantitative estimate of drug-likeness (QED) is 0.292. The Balaban J connectivity index is 1.43. The van der Waals surface area contributed by atoms with Crippen LogP contribution in [0.2, 0.25) is 10.0 Å². The molecule has 0 aliphatic carbocycles. The summed E-state index contributed by atoms with van der Waals surface area (Å²) in [5.41, 5.74) is 2.04. The van der Waals surface area contributed by atoms with Crippen LogP contribution >= 0.6 is 34.5 Å². The second kappa shape index (κ2) is 9.56. The molecule has 9 heteroatoms. The van der Waals surface area contributed by atoms with E-state index in [2.05, 4.69) is 15.6 Å². The molecule has 162 valence electrons. The summed E-state index contributed by atoms with van der Waals surface area (Å²) in [6.45, 7) is 1.78. The highest BCUT2D eigenvalue weighted by Gasteiger charge is 2.11. The molecule has 0 bridgehead atoms. The molecule has 0 aliphatic heterocycles. The first-order valence-electron chi connectivity index (χ1n) is 9.66. The summed E-state index contributed by atoms with van der Waals surface area (Å²) in [5, 5.41) is 6.93. The van der Waals surface area contributed by atoms with E-state index in [4.69, 9.17) is 27.6 Å². The number of aromatic nitrogens is 1. The van der Waals surface area contributed by atoms with Crippen LogP contribution in [0, 0.1) is 0 Å². The smallest absolute Gasteiger partial charge is 0.248 e. The second-order valence-electron chi connectivity index (χ2n) is 6.73. The van der Waals surface area contributed by atoms with Crippen LogP contribution in [-0.2, 0) is 9.59 Å². The molecule has 0 saturated carbocycles. The van der Waals surface area contributed by atoms with E-state index < -0.39 is 0 Å². The maximum absolute atomic E-state index is 12.3. The highest BCUT2D eigenvalue weighted by atomic mass is 35.5. The molecule has 0 saturated heterocycles. The van der Waals surface area contributed by atoms with Gasteiger partial charge in [-0.3, -0.25) is 9.59 Å². The average Bonchev–Trinajstić information content (AvgIpc) is 3.40. The molecule has 0 radical (unpaired) electrons. The van der Waals surface area contributed by atoms with E-state index in [0.717, 1.165) is 10.2 Å². The summed E-state index contributed by atoms with van der Waals surface area (Å²) in [7, 11) is 0. The zero-order valence-electron chi connectivity index (χ0n) is 16.8. The molecule has 2 aromatic carbocycles. The number of hydrogen-bond acceptors (Lipinski definition) is 5. The number of benzene rings is 2. The Labute approximate surface area is 197 Å². The van der Waals surface area contributed by atoms with E-state index in [0.29, 0.717) is 44.4 Å². The van der Waals surface area contributed by atoms with Gasteiger partial charge >= 0.3 is 0 Å². The fourth-order valence-corrected chi connectivity index (χ4v) is 4.20. The van der Waals surface area contributed by atoms with Gasteiger partial charge in [0.25, 0.3) is 0 Å². The number of fused-ring (bicyclic) bond motifs is 1. The van der Waals surface area contributed by atoms with E-state index >= 15 is 0 Å². The summed E-state index contributed by atoms with van der Waals surface area (Å²) in [6, 6.07) is 14.2. The molecule has 4 aromatic rings. The van der Waals surface area contributed by atoms with Gasteiger partial charge < -0.3 is 15.1 Å². The summed E-state index contributed by atoms with van der Waals surface area (Å²) >= 11 is 13.6. The van der Waals surface area contributed by atoms with Crippen molar-refractivity contribution in [3.63, 3.8) is 0 Å². The van der Waals surface area contributed by atoms with Crippen LogP contribution in [0.25, 0.3) is 27.6 Å². The third-order valence-corrected chi connectivity index (χ3v) is 6.22. The molecular weight excluding hydrogens is 469 g/mol. The van der Waals surface area contributed by atoms with Crippen molar-refractivity contribution in [1.29, 1.82) is 0 Å². The maximum atomic E-state index is 12.3. The lowest BCUT2D eigenvalue weighted by atomic mass is 10.2. The zero-order chi connectivity index (χ0) is 22.7. The normalized spacial score (nSPS) is 11.2. The minimum Gasteiger partial charge on any atom is -0.457 e. The Kier molecular flexibility index (Phi) is 6.60. The van der Waals surface area contributed by atoms with Crippen molar-refractivity contribution >= 4 is 73.5 Å². The number of furan rings is 1. The Bertz CT molecular complexity index is 1340. The highest BCUT2D eigenvalue weighted by Crippen LogP contribution is 2.34. The lowest BCUT2D eigenvalue weighted by molar-refractivity contribution is -0.116. The third-order valence-electron chi connectivity index (χ3n) is 4.47. The van der Waals surface area contributed by atoms with Gasteiger partial charge in [-0.25, -0.2) is 4.98 Å². The number of carbonyl (C=O) groups excluding carboxylic acids is 2. The Morgan fingerprint density at radius 2 is 1.97 bits per heavy atom. The second-order valence-corrected chi connectivity index (χ2v) is 8.55. The molecule has 0 unspecified atom stereocenters. The van der Waals surface area contributed by atoms with E-state index in [1.165, 1.54) is 17.4 Å². The summed E-state index contributed by atoms with van der Waals surface area (Å²) < 4.78 is 6.61. The Hall–Kier alpha value is -3.13. The van der Waals surface area contributed by atoms with E-state index in [1.807, 2.05) is 12.1 Å². The number of carbonyl (C=O) groups is 2.